The van der Waals surface area contributed by atoms with Crippen LogP contribution in [0, 0.1) is 0 Å². The molecule has 0 atom stereocenters. The topological polar surface area (TPSA) is 55.4 Å². The van der Waals surface area contributed by atoms with Gasteiger partial charge in [0.1, 0.15) is 0 Å². The molecule has 0 bridgehead atoms. The molecule has 7 heteroatoms. The summed E-state index contributed by atoms with van der Waals surface area (Å²) in [7, 11) is -2.66. The third-order valence-corrected chi connectivity index (χ3v) is 5.49. The minimum absolute atomic E-state index is 0.483. The highest BCUT2D eigenvalue weighted by atomic mass is 28.4. The van der Waals surface area contributed by atoms with Crippen molar-refractivity contribution in [2.24, 2.45) is 0 Å². The first-order chi connectivity index (χ1) is 10.2. The number of hydrogen-bond donors (Lipinski definition) is 0. The first-order valence-corrected chi connectivity index (χ1v) is 9.82. The molecule has 6 nitrogen and oxygen atoms in total. The maximum Gasteiger partial charge on any atom is 0.500 e. The predicted molar refractivity (Wildman–Crippen MR) is 83.6 cm³/mol. The molecule has 21 heavy (non-hydrogen) atoms. The summed E-state index contributed by atoms with van der Waals surface area (Å²) in [6, 6.07) is 0.720. The smallest absolute Gasteiger partial charge is 0.379 e. The van der Waals surface area contributed by atoms with E-state index in [1.165, 1.54) is 0 Å². The lowest BCUT2D eigenvalue weighted by molar-refractivity contribution is 0.00419. The van der Waals surface area contributed by atoms with Crippen LogP contribution in [0.1, 0.15) is 27.7 Å². The van der Waals surface area contributed by atoms with Crippen molar-refractivity contribution in [2.75, 3.05) is 59.5 Å². The van der Waals surface area contributed by atoms with Crippen LogP contribution in [-0.4, -0.2) is 68.3 Å². The lowest BCUT2D eigenvalue weighted by Gasteiger charge is -2.28. The number of rotatable bonds is 16. The Morgan fingerprint density at radius 1 is 0.524 bits per heavy atom. The van der Waals surface area contributed by atoms with E-state index in [-0.39, 0.29) is 0 Å². The van der Waals surface area contributed by atoms with Gasteiger partial charge in [-0.2, -0.15) is 0 Å². The van der Waals surface area contributed by atoms with Gasteiger partial charge >= 0.3 is 8.80 Å². The summed E-state index contributed by atoms with van der Waals surface area (Å²) in [5.74, 6) is 0. The molecule has 0 aromatic rings. The van der Waals surface area contributed by atoms with Gasteiger partial charge in [0.2, 0.25) is 0 Å². The molecule has 0 N–H and O–H groups in total. The molecule has 0 rings (SSSR count). The maximum absolute atomic E-state index is 5.90. The zero-order valence-corrected chi connectivity index (χ0v) is 15.0. The van der Waals surface area contributed by atoms with Crippen LogP contribution < -0.4 is 0 Å². The van der Waals surface area contributed by atoms with E-state index < -0.39 is 8.80 Å². The molecule has 0 aromatic carbocycles. The van der Waals surface area contributed by atoms with Crippen molar-refractivity contribution in [1.29, 1.82) is 0 Å². The molecule has 0 saturated heterocycles. The summed E-state index contributed by atoms with van der Waals surface area (Å²) in [6.45, 7) is 13.0. The average molecular weight is 324 g/mol. The predicted octanol–water partition coefficient (Wildman–Crippen LogP) is 2.10. The van der Waals surface area contributed by atoms with Crippen molar-refractivity contribution < 1.29 is 27.5 Å². The first kappa shape index (κ1) is 21.0. The van der Waals surface area contributed by atoms with Gasteiger partial charge in [0.05, 0.1) is 39.6 Å². The van der Waals surface area contributed by atoms with Crippen molar-refractivity contribution in [2.45, 2.75) is 33.7 Å². The van der Waals surface area contributed by atoms with Crippen molar-refractivity contribution in [3.8, 4) is 0 Å². The van der Waals surface area contributed by atoms with Crippen LogP contribution in [0.15, 0.2) is 0 Å². The minimum Gasteiger partial charge on any atom is -0.379 e. The van der Waals surface area contributed by atoms with Gasteiger partial charge in [-0.15, -0.1) is 0 Å². The zero-order chi connectivity index (χ0) is 15.8. The SMILES string of the molecule is CCOCCO[Si](CC)(OCCOCC)OCCOCC. The molecule has 0 aliphatic carbocycles. The second-order valence-corrected chi connectivity index (χ2v) is 7.11. The van der Waals surface area contributed by atoms with Crippen molar-refractivity contribution in [3.05, 3.63) is 0 Å². The summed E-state index contributed by atoms with van der Waals surface area (Å²) in [6.07, 6.45) is 0. The second kappa shape index (κ2) is 14.9. The minimum atomic E-state index is -2.66. The summed E-state index contributed by atoms with van der Waals surface area (Å²) in [5.41, 5.74) is 0. The summed E-state index contributed by atoms with van der Waals surface area (Å²) >= 11 is 0. The van der Waals surface area contributed by atoms with E-state index >= 15 is 0 Å². The van der Waals surface area contributed by atoms with E-state index in [1.54, 1.807) is 0 Å². The lowest BCUT2D eigenvalue weighted by Crippen LogP contribution is -2.47. The van der Waals surface area contributed by atoms with Crippen LogP contribution >= 0.6 is 0 Å². The van der Waals surface area contributed by atoms with E-state index in [4.69, 9.17) is 27.5 Å². The number of hydrogen-bond acceptors (Lipinski definition) is 6. The van der Waals surface area contributed by atoms with Crippen LogP contribution in [0.5, 0.6) is 0 Å². The van der Waals surface area contributed by atoms with Crippen molar-refractivity contribution in [3.63, 3.8) is 0 Å². The van der Waals surface area contributed by atoms with E-state index in [9.17, 15) is 0 Å². The summed E-state index contributed by atoms with van der Waals surface area (Å²) in [5, 5.41) is 0. The molecule has 128 valence electrons. The molecule has 0 unspecified atom stereocenters. The van der Waals surface area contributed by atoms with Crippen molar-refractivity contribution >= 4 is 8.80 Å². The molecule has 0 amide bonds. The van der Waals surface area contributed by atoms with Crippen LogP contribution in [0.4, 0.5) is 0 Å². The largest absolute Gasteiger partial charge is 0.500 e. The average Bonchev–Trinajstić information content (AvgIpc) is 2.51. The van der Waals surface area contributed by atoms with E-state index in [1.807, 2.05) is 27.7 Å². The fourth-order valence-corrected chi connectivity index (χ4v) is 3.68. The Kier molecular flexibility index (Phi) is 14.9. The highest BCUT2D eigenvalue weighted by molar-refractivity contribution is 6.60. The van der Waals surface area contributed by atoms with Crippen LogP contribution in [0.3, 0.4) is 0 Å². The summed E-state index contributed by atoms with van der Waals surface area (Å²) < 4.78 is 33.6. The second-order valence-electron chi connectivity index (χ2n) is 4.17. The lowest BCUT2D eigenvalue weighted by atomic mass is 10.8. The molecule has 0 heterocycles. The van der Waals surface area contributed by atoms with Gasteiger partial charge in [-0.05, 0) is 20.8 Å². The molecular weight excluding hydrogens is 292 g/mol. The van der Waals surface area contributed by atoms with Gasteiger partial charge in [0, 0.05) is 25.9 Å². The highest BCUT2D eigenvalue weighted by Crippen LogP contribution is 2.15. The Morgan fingerprint density at radius 3 is 1.10 bits per heavy atom. The van der Waals surface area contributed by atoms with Crippen molar-refractivity contribution in [1.82, 2.24) is 0 Å². The Labute approximate surface area is 130 Å². The van der Waals surface area contributed by atoms with E-state index in [2.05, 4.69) is 0 Å². The Morgan fingerprint density at radius 2 is 0.857 bits per heavy atom. The maximum atomic E-state index is 5.90. The standard InChI is InChI=1S/C14H32O6Si/c1-5-15-9-12-18-21(8-4,19-13-10-16-6-2)20-14-11-17-7-3/h5-14H2,1-4H3. The Balaban J connectivity index is 4.22. The zero-order valence-electron chi connectivity index (χ0n) is 14.0. The van der Waals surface area contributed by atoms with E-state index in [0.29, 0.717) is 59.5 Å². The third-order valence-electron chi connectivity index (χ3n) is 2.69. The molecule has 0 aromatic heterocycles. The Bertz CT molecular complexity index is 186. The molecule has 0 aliphatic heterocycles. The first-order valence-electron chi connectivity index (χ1n) is 7.89. The van der Waals surface area contributed by atoms with Crippen LogP contribution in [0.25, 0.3) is 0 Å². The molecule has 0 saturated carbocycles. The van der Waals surface area contributed by atoms with Gasteiger partial charge in [0.25, 0.3) is 0 Å². The molecule has 0 spiro atoms. The normalized spacial score (nSPS) is 12.0. The van der Waals surface area contributed by atoms with Gasteiger partial charge in [-0.3, -0.25) is 0 Å². The quantitative estimate of drug-likeness (QED) is 0.320. The third kappa shape index (κ3) is 11.2. The van der Waals surface area contributed by atoms with Gasteiger partial charge < -0.3 is 27.5 Å². The molecule has 0 aliphatic rings. The van der Waals surface area contributed by atoms with Gasteiger partial charge in [-0.1, -0.05) is 6.92 Å². The number of ether oxygens (including phenoxy) is 3. The van der Waals surface area contributed by atoms with Crippen LogP contribution in [0.2, 0.25) is 6.04 Å². The molecule has 0 fully saturated rings. The van der Waals surface area contributed by atoms with Gasteiger partial charge in [0.15, 0.2) is 0 Å². The monoisotopic (exact) mass is 324 g/mol. The fraction of sp³-hybridized carbons (Fsp3) is 1.00. The summed E-state index contributed by atoms with van der Waals surface area (Å²) in [4.78, 5) is 0. The fourth-order valence-electron chi connectivity index (χ4n) is 1.63. The molecule has 0 radical (unpaired) electrons. The highest BCUT2D eigenvalue weighted by Gasteiger charge is 2.39. The molecular formula is C14H32O6Si. The Hall–Kier alpha value is -0.0231. The van der Waals surface area contributed by atoms with Crippen LogP contribution in [-0.2, 0) is 27.5 Å². The van der Waals surface area contributed by atoms with Gasteiger partial charge in [-0.25, -0.2) is 0 Å². The van der Waals surface area contributed by atoms with E-state index in [0.717, 1.165) is 6.04 Å².